The van der Waals surface area contributed by atoms with Gasteiger partial charge in [-0.15, -0.1) is 0 Å². The second-order valence-corrected chi connectivity index (χ2v) is 10.6. The molecule has 1 saturated heterocycles. The molecule has 0 atom stereocenters. The van der Waals surface area contributed by atoms with Gasteiger partial charge < -0.3 is 15.5 Å². The lowest BCUT2D eigenvalue weighted by Crippen LogP contribution is -2.49. The van der Waals surface area contributed by atoms with E-state index in [0.717, 1.165) is 51.4 Å². The molecule has 0 bridgehead atoms. The molecule has 0 radical (unpaired) electrons. The Morgan fingerprint density at radius 3 is 2.40 bits per heavy atom. The van der Waals surface area contributed by atoms with Crippen LogP contribution >= 0.6 is 0 Å². The summed E-state index contributed by atoms with van der Waals surface area (Å²) in [6.45, 7) is 13.1. The van der Waals surface area contributed by atoms with E-state index in [1.165, 1.54) is 12.7 Å². The highest BCUT2D eigenvalue weighted by molar-refractivity contribution is 7.90. The third-order valence-electron chi connectivity index (χ3n) is 4.41. The second-order valence-electron chi connectivity index (χ2n) is 8.31. The zero-order valence-electron chi connectivity index (χ0n) is 16.8. The Morgan fingerprint density at radius 2 is 1.88 bits per heavy atom. The fourth-order valence-electron chi connectivity index (χ4n) is 2.91. The molecule has 0 aliphatic carbocycles. The summed E-state index contributed by atoms with van der Waals surface area (Å²) in [6, 6.07) is 0.412. The van der Waals surface area contributed by atoms with Gasteiger partial charge in [0.2, 0.25) is 0 Å². The Kier molecular flexibility index (Phi) is 9.21. The van der Waals surface area contributed by atoms with Crippen molar-refractivity contribution in [2.75, 3.05) is 44.7 Å². The molecule has 6 nitrogen and oxygen atoms in total. The number of likely N-dealkylation sites (tertiary alicyclic amines) is 1. The Bertz CT molecular complexity index is 504. The van der Waals surface area contributed by atoms with E-state index >= 15 is 0 Å². The van der Waals surface area contributed by atoms with Gasteiger partial charge in [-0.2, -0.15) is 0 Å². The molecule has 1 fully saturated rings. The van der Waals surface area contributed by atoms with Gasteiger partial charge in [-0.3, -0.25) is 4.99 Å². The first-order valence-corrected chi connectivity index (χ1v) is 11.6. The number of piperidine rings is 1. The molecular formula is C18H38N4O2S. The van der Waals surface area contributed by atoms with E-state index in [1.54, 1.807) is 0 Å². The van der Waals surface area contributed by atoms with Gasteiger partial charge >= 0.3 is 0 Å². The van der Waals surface area contributed by atoms with Crippen LogP contribution < -0.4 is 10.6 Å². The normalized spacial score (nSPS) is 18.4. The Morgan fingerprint density at radius 1 is 1.24 bits per heavy atom. The molecule has 0 aromatic rings. The number of hydrogen-bond acceptors (Lipinski definition) is 4. The van der Waals surface area contributed by atoms with Crippen molar-refractivity contribution in [3.05, 3.63) is 0 Å². The van der Waals surface area contributed by atoms with Gasteiger partial charge in [0.05, 0.1) is 5.75 Å². The zero-order chi connectivity index (χ0) is 18.9. The third-order valence-corrected chi connectivity index (χ3v) is 5.33. The fraction of sp³-hybridized carbons (Fsp3) is 0.944. The number of hydrogen-bond donors (Lipinski definition) is 2. The van der Waals surface area contributed by atoms with Gasteiger partial charge in [-0.25, -0.2) is 8.42 Å². The van der Waals surface area contributed by atoms with Gasteiger partial charge in [-0.05, 0) is 38.0 Å². The Labute approximate surface area is 154 Å². The van der Waals surface area contributed by atoms with Crippen LogP contribution in [0.15, 0.2) is 4.99 Å². The van der Waals surface area contributed by atoms with Crippen LogP contribution in [0, 0.1) is 5.41 Å². The first kappa shape index (κ1) is 22.2. The molecule has 2 N–H and O–H groups in total. The van der Waals surface area contributed by atoms with Crippen molar-refractivity contribution in [3.8, 4) is 0 Å². The van der Waals surface area contributed by atoms with E-state index in [0.29, 0.717) is 18.0 Å². The minimum atomic E-state index is -2.87. The SMILES string of the molecule is CCNC(=NCCCC(C)(C)C)NC1CCN(CCS(C)(=O)=O)CC1. The highest BCUT2D eigenvalue weighted by atomic mass is 32.2. The molecule has 0 saturated carbocycles. The topological polar surface area (TPSA) is 73.8 Å². The number of nitrogens with zero attached hydrogens (tertiary/aromatic N) is 2. The van der Waals surface area contributed by atoms with Gasteiger partial charge in [0, 0.05) is 45.0 Å². The Balaban J connectivity index is 2.36. The fourth-order valence-corrected chi connectivity index (χ4v) is 3.50. The summed E-state index contributed by atoms with van der Waals surface area (Å²) in [5.74, 6) is 1.16. The third kappa shape index (κ3) is 11.4. The Hall–Kier alpha value is -0.820. The van der Waals surface area contributed by atoms with Gasteiger partial charge in [0.1, 0.15) is 9.84 Å². The number of rotatable bonds is 8. The van der Waals surface area contributed by atoms with Gasteiger partial charge in [-0.1, -0.05) is 20.8 Å². The number of nitrogens with one attached hydrogen (secondary N) is 2. The first-order chi connectivity index (χ1) is 11.6. The summed E-state index contributed by atoms with van der Waals surface area (Å²) in [5.41, 5.74) is 0.361. The van der Waals surface area contributed by atoms with E-state index in [1.807, 2.05) is 0 Å². The predicted molar refractivity (Wildman–Crippen MR) is 107 cm³/mol. The van der Waals surface area contributed by atoms with E-state index in [9.17, 15) is 8.42 Å². The lowest BCUT2D eigenvalue weighted by Gasteiger charge is -2.32. The molecule has 25 heavy (non-hydrogen) atoms. The largest absolute Gasteiger partial charge is 0.357 e. The average Bonchev–Trinajstić information content (AvgIpc) is 2.49. The monoisotopic (exact) mass is 374 g/mol. The van der Waals surface area contributed by atoms with E-state index in [4.69, 9.17) is 4.99 Å². The van der Waals surface area contributed by atoms with Gasteiger partial charge in [0.25, 0.3) is 0 Å². The minimum absolute atomic E-state index is 0.253. The van der Waals surface area contributed by atoms with Crippen LogP contribution in [0.4, 0.5) is 0 Å². The average molecular weight is 375 g/mol. The van der Waals surface area contributed by atoms with Gasteiger partial charge in [0.15, 0.2) is 5.96 Å². The molecule has 0 aromatic carbocycles. The molecule has 0 aromatic heterocycles. The van der Waals surface area contributed by atoms with Crippen molar-refractivity contribution < 1.29 is 8.42 Å². The summed E-state index contributed by atoms with van der Waals surface area (Å²) >= 11 is 0. The van der Waals surface area contributed by atoms with Crippen molar-refractivity contribution in [1.29, 1.82) is 0 Å². The molecule has 1 rings (SSSR count). The minimum Gasteiger partial charge on any atom is -0.357 e. The van der Waals surface area contributed by atoms with Crippen molar-refractivity contribution >= 4 is 15.8 Å². The maximum atomic E-state index is 11.3. The molecule has 0 spiro atoms. The van der Waals surface area contributed by atoms with Crippen LogP contribution in [0.25, 0.3) is 0 Å². The lowest BCUT2D eigenvalue weighted by molar-refractivity contribution is 0.216. The molecule has 1 heterocycles. The number of guanidine groups is 1. The summed E-state index contributed by atoms with van der Waals surface area (Å²) in [5, 5.41) is 6.87. The smallest absolute Gasteiger partial charge is 0.191 e. The van der Waals surface area contributed by atoms with E-state index < -0.39 is 9.84 Å². The molecule has 1 aliphatic heterocycles. The number of sulfone groups is 1. The van der Waals surface area contributed by atoms with Crippen LogP contribution in [0.5, 0.6) is 0 Å². The van der Waals surface area contributed by atoms with Crippen LogP contribution in [-0.4, -0.2) is 70.1 Å². The summed E-state index contributed by atoms with van der Waals surface area (Å²) < 4.78 is 22.6. The maximum absolute atomic E-state index is 11.3. The van der Waals surface area contributed by atoms with Crippen molar-refractivity contribution in [2.45, 2.75) is 59.4 Å². The molecule has 148 valence electrons. The first-order valence-electron chi connectivity index (χ1n) is 9.54. The summed E-state index contributed by atoms with van der Waals surface area (Å²) in [6.07, 6.45) is 5.63. The van der Waals surface area contributed by atoms with Crippen molar-refractivity contribution in [2.24, 2.45) is 10.4 Å². The second kappa shape index (κ2) is 10.4. The quantitative estimate of drug-likeness (QED) is 0.385. The molecule has 1 aliphatic rings. The summed E-state index contributed by atoms with van der Waals surface area (Å²) in [4.78, 5) is 6.94. The van der Waals surface area contributed by atoms with Crippen LogP contribution in [-0.2, 0) is 9.84 Å². The van der Waals surface area contributed by atoms with Crippen molar-refractivity contribution in [3.63, 3.8) is 0 Å². The predicted octanol–water partition coefficient (Wildman–Crippen LogP) is 1.88. The van der Waals surface area contributed by atoms with Crippen LogP contribution in [0.3, 0.4) is 0 Å². The summed E-state index contributed by atoms with van der Waals surface area (Å²) in [7, 11) is -2.87. The maximum Gasteiger partial charge on any atom is 0.191 e. The molecule has 7 heteroatoms. The molecule has 0 amide bonds. The standard InChI is InChI=1S/C18H38N4O2S/c1-6-19-17(20-11-7-10-18(2,3)4)21-16-8-12-22(13-9-16)14-15-25(5,23)24/h16H,6-15H2,1-5H3,(H2,19,20,21). The van der Waals surface area contributed by atoms with E-state index in [-0.39, 0.29) is 5.75 Å². The zero-order valence-corrected chi connectivity index (χ0v) is 17.6. The van der Waals surface area contributed by atoms with Crippen LogP contribution in [0.2, 0.25) is 0 Å². The van der Waals surface area contributed by atoms with E-state index in [2.05, 4.69) is 43.2 Å². The van der Waals surface area contributed by atoms with Crippen molar-refractivity contribution in [1.82, 2.24) is 15.5 Å². The number of aliphatic imine (C=N–C) groups is 1. The molecule has 0 unspecified atom stereocenters. The van der Waals surface area contributed by atoms with Crippen LogP contribution in [0.1, 0.15) is 53.4 Å². The highest BCUT2D eigenvalue weighted by Crippen LogP contribution is 2.20. The highest BCUT2D eigenvalue weighted by Gasteiger charge is 2.20. The lowest BCUT2D eigenvalue weighted by atomic mass is 9.91. The molecular weight excluding hydrogens is 336 g/mol.